The Kier molecular flexibility index (Phi) is 5.67. The highest BCUT2D eigenvalue weighted by molar-refractivity contribution is 5.89. The van der Waals surface area contributed by atoms with Gasteiger partial charge in [0.2, 0.25) is 12.0 Å². The van der Waals surface area contributed by atoms with Crippen LogP contribution < -0.4 is 10.2 Å². The summed E-state index contributed by atoms with van der Waals surface area (Å²) < 4.78 is 16.3. The van der Waals surface area contributed by atoms with E-state index < -0.39 is 60.0 Å². The highest BCUT2D eigenvalue weighted by Crippen LogP contribution is 2.43. The molecule has 0 amide bonds. The van der Waals surface area contributed by atoms with E-state index in [2.05, 4.69) is 0 Å². The molecule has 2 heterocycles. The molecular formula is C21H20O11. The molecule has 0 bridgehead atoms. The number of phenols is 3. The second-order valence-electron chi connectivity index (χ2n) is 7.28. The topological polar surface area (TPSA) is 190 Å². The minimum absolute atomic E-state index is 0.00895. The van der Waals surface area contributed by atoms with Gasteiger partial charge in [0.25, 0.3) is 0 Å². The number of hydrogen-bond donors (Lipinski definition) is 7. The molecule has 1 aliphatic rings. The lowest BCUT2D eigenvalue weighted by Crippen LogP contribution is -2.60. The van der Waals surface area contributed by atoms with Crippen molar-refractivity contribution < 1.29 is 49.6 Å². The molecule has 0 aliphatic carbocycles. The maximum Gasteiger partial charge on any atom is 0.229 e. The van der Waals surface area contributed by atoms with E-state index in [1.165, 1.54) is 24.3 Å². The number of aliphatic hydroxyl groups excluding tert-OH is 4. The van der Waals surface area contributed by atoms with Crippen molar-refractivity contribution in [1.29, 1.82) is 0 Å². The fourth-order valence-electron chi connectivity index (χ4n) is 3.43. The van der Waals surface area contributed by atoms with Gasteiger partial charge in [-0.2, -0.15) is 0 Å². The van der Waals surface area contributed by atoms with E-state index in [1.807, 2.05) is 0 Å². The van der Waals surface area contributed by atoms with Crippen LogP contribution in [0.3, 0.4) is 0 Å². The van der Waals surface area contributed by atoms with Crippen LogP contribution in [0.15, 0.2) is 45.6 Å². The van der Waals surface area contributed by atoms with Gasteiger partial charge in [-0.25, -0.2) is 0 Å². The van der Waals surface area contributed by atoms with Crippen molar-refractivity contribution in [3.63, 3.8) is 0 Å². The van der Waals surface area contributed by atoms with Gasteiger partial charge < -0.3 is 49.6 Å². The highest BCUT2D eigenvalue weighted by Gasteiger charge is 2.45. The van der Waals surface area contributed by atoms with Crippen LogP contribution in [0.5, 0.6) is 23.0 Å². The lowest BCUT2D eigenvalue weighted by atomic mass is 9.99. The van der Waals surface area contributed by atoms with Crippen LogP contribution in [-0.4, -0.2) is 73.1 Å². The summed E-state index contributed by atoms with van der Waals surface area (Å²) in [6.07, 6.45) is -8.21. The molecule has 11 heteroatoms. The molecule has 1 saturated heterocycles. The summed E-state index contributed by atoms with van der Waals surface area (Å²) in [6, 6.07) is 7.89. The average Bonchev–Trinajstić information content (AvgIpc) is 2.77. The van der Waals surface area contributed by atoms with Gasteiger partial charge in [-0.05, 0) is 24.3 Å². The van der Waals surface area contributed by atoms with E-state index in [4.69, 9.17) is 13.9 Å². The number of aromatic hydroxyl groups is 3. The van der Waals surface area contributed by atoms with E-state index in [-0.39, 0.29) is 22.5 Å². The minimum Gasteiger partial charge on any atom is -0.508 e. The molecule has 0 unspecified atom stereocenters. The second kappa shape index (κ2) is 8.30. The van der Waals surface area contributed by atoms with Gasteiger partial charge in [-0.3, -0.25) is 4.79 Å². The largest absolute Gasteiger partial charge is 0.508 e. The Morgan fingerprint density at radius 3 is 2.28 bits per heavy atom. The molecule has 3 aromatic rings. The Labute approximate surface area is 179 Å². The van der Waals surface area contributed by atoms with Gasteiger partial charge in [-0.1, -0.05) is 0 Å². The minimum atomic E-state index is -1.81. The number of rotatable bonds is 4. The number of fused-ring (bicyclic) bond motifs is 1. The van der Waals surface area contributed by atoms with Crippen molar-refractivity contribution >= 4 is 11.0 Å². The van der Waals surface area contributed by atoms with Crippen molar-refractivity contribution in [2.45, 2.75) is 30.7 Å². The predicted octanol–water partition coefficient (Wildman–Crippen LogP) is -0.245. The van der Waals surface area contributed by atoms with E-state index in [9.17, 15) is 40.5 Å². The molecule has 0 radical (unpaired) electrons. The Hall–Kier alpha value is -3.35. The highest BCUT2D eigenvalue weighted by atomic mass is 16.7. The first kappa shape index (κ1) is 21.9. The number of ether oxygens (including phenoxy) is 2. The molecule has 1 aromatic heterocycles. The van der Waals surface area contributed by atoms with Gasteiger partial charge in [-0.15, -0.1) is 0 Å². The lowest BCUT2D eigenvalue weighted by Gasteiger charge is -2.39. The van der Waals surface area contributed by atoms with Gasteiger partial charge in [0.05, 0.1) is 6.61 Å². The van der Waals surface area contributed by atoms with Crippen LogP contribution >= 0.6 is 0 Å². The van der Waals surface area contributed by atoms with Crippen molar-refractivity contribution in [2.75, 3.05) is 6.61 Å². The first-order valence-corrected chi connectivity index (χ1v) is 9.50. The number of hydrogen-bond acceptors (Lipinski definition) is 11. The number of benzene rings is 2. The van der Waals surface area contributed by atoms with Crippen molar-refractivity contribution in [3.8, 4) is 34.3 Å². The Morgan fingerprint density at radius 1 is 0.938 bits per heavy atom. The molecule has 11 nitrogen and oxygen atoms in total. The Bertz CT molecular complexity index is 1190. The Balaban J connectivity index is 1.80. The quantitative estimate of drug-likeness (QED) is 0.261. The fraction of sp³-hybridized carbons (Fsp3) is 0.286. The smallest absolute Gasteiger partial charge is 0.229 e. The molecule has 4 rings (SSSR count). The standard InChI is InChI=1S/C21H20O11/c22-7-14-17(27)18(28)19(29)21(31-14)32-20-15-10(24)5-12(8-1-3-9(23)4-2-8)30-13(15)6-11(25)16(20)26/h1-6,14,17-19,21-23,25-29H,7H2/t14-,17+,18-,19+,21+/m0/s1. The predicted molar refractivity (Wildman–Crippen MR) is 107 cm³/mol. The van der Waals surface area contributed by atoms with Crippen LogP contribution in [0.4, 0.5) is 0 Å². The van der Waals surface area contributed by atoms with Crippen LogP contribution in [0, 0.1) is 0 Å². The summed E-state index contributed by atoms with van der Waals surface area (Å²) >= 11 is 0. The molecule has 0 saturated carbocycles. The molecule has 170 valence electrons. The van der Waals surface area contributed by atoms with Crippen LogP contribution in [-0.2, 0) is 4.74 Å². The zero-order valence-corrected chi connectivity index (χ0v) is 16.3. The number of phenolic OH excluding ortho intramolecular Hbond substituents is 3. The second-order valence-corrected chi connectivity index (χ2v) is 7.28. The molecule has 0 spiro atoms. The van der Waals surface area contributed by atoms with Gasteiger partial charge in [0, 0.05) is 17.7 Å². The van der Waals surface area contributed by atoms with Gasteiger partial charge >= 0.3 is 0 Å². The zero-order chi connectivity index (χ0) is 23.2. The van der Waals surface area contributed by atoms with Crippen molar-refractivity contribution in [2.24, 2.45) is 0 Å². The van der Waals surface area contributed by atoms with Crippen LogP contribution in [0.2, 0.25) is 0 Å². The van der Waals surface area contributed by atoms with Crippen molar-refractivity contribution in [3.05, 3.63) is 46.6 Å². The summed E-state index contributed by atoms with van der Waals surface area (Å²) in [6.45, 7) is -0.713. The lowest BCUT2D eigenvalue weighted by molar-refractivity contribution is -0.277. The van der Waals surface area contributed by atoms with Crippen molar-refractivity contribution in [1.82, 2.24) is 0 Å². The van der Waals surface area contributed by atoms with Crippen LogP contribution in [0.1, 0.15) is 0 Å². The third-order valence-corrected chi connectivity index (χ3v) is 5.16. The maximum atomic E-state index is 12.9. The summed E-state index contributed by atoms with van der Waals surface area (Å²) in [4.78, 5) is 12.9. The van der Waals surface area contributed by atoms with E-state index in [0.717, 1.165) is 12.1 Å². The fourth-order valence-corrected chi connectivity index (χ4v) is 3.43. The molecule has 1 aliphatic heterocycles. The average molecular weight is 448 g/mol. The summed E-state index contributed by atoms with van der Waals surface area (Å²) in [5.41, 5.74) is -0.398. The van der Waals surface area contributed by atoms with E-state index >= 15 is 0 Å². The molecule has 7 N–H and O–H groups in total. The molecule has 1 fully saturated rings. The zero-order valence-electron chi connectivity index (χ0n) is 16.3. The molecule has 2 aromatic carbocycles. The van der Waals surface area contributed by atoms with E-state index in [1.54, 1.807) is 0 Å². The van der Waals surface area contributed by atoms with Gasteiger partial charge in [0.1, 0.15) is 46.9 Å². The summed E-state index contributed by atoms with van der Waals surface area (Å²) in [5, 5.41) is 68.9. The van der Waals surface area contributed by atoms with E-state index in [0.29, 0.717) is 5.56 Å². The summed E-state index contributed by atoms with van der Waals surface area (Å²) in [5.74, 6) is -2.03. The normalized spacial score (nSPS) is 25.7. The first-order chi connectivity index (χ1) is 15.2. The maximum absolute atomic E-state index is 12.9. The summed E-state index contributed by atoms with van der Waals surface area (Å²) in [7, 11) is 0. The Morgan fingerprint density at radius 2 is 1.62 bits per heavy atom. The first-order valence-electron chi connectivity index (χ1n) is 9.50. The molecule has 5 atom stereocenters. The third kappa shape index (κ3) is 3.72. The number of aliphatic hydroxyl groups is 4. The molecule has 32 heavy (non-hydrogen) atoms. The monoisotopic (exact) mass is 448 g/mol. The van der Waals surface area contributed by atoms with Gasteiger partial charge in [0.15, 0.2) is 16.9 Å². The molecular weight excluding hydrogens is 428 g/mol. The van der Waals surface area contributed by atoms with Crippen LogP contribution in [0.25, 0.3) is 22.3 Å². The third-order valence-electron chi connectivity index (χ3n) is 5.16. The SMILES string of the molecule is O=c1cc(-c2ccc(O)cc2)oc2cc(O)c(O)c(O[C@H]3O[C@@H](CO)[C@@H](O)[C@H](O)[C@H]3O)c12.